The van der Waals surface area contributed by atoms with E-state index in [1.54, 1.807) is 0 Å². The summed E-state index contributed by atoms with van der Waals surface area (Å²) in [7, 11) is 0. The number of rotatable bonds is 12. The second-order valence-electron chi connectivity index (χ2n) is 4.57. The summed E-state index contributed by atoms with van der Waals surface area (Å²) in [6.45, 7) is 2.42. The number of ether oxygens (including phenoxy) is 3. The molecule has 1 rings (SSSR count). The van der Waals surface area contributed by atoms with Crippen molar-refractivity contribution in [2.45, 2.75) is 19.3 Å². The van der Waals surface area contributed by atoms with Gasteiger partial charge in [0.1, 0.15) is 0 Å². The SMILES string of the molecule is OCCCOCCCOCCCOc1ccc(O)c(F)c1F. The minimum Gasteiger partial charge on any atom is -0.505 e. The normalized spacial score (nSPS) is 10.9. The van der Waals surface area contributed by atoms with Crippen molar-refractivity contribution in [2.75, 3.05) is 39.6 Å². The molecule has 0 radical (unpaired) electrons. The van der Waals surface area contributed by atoms with Crippen LogP contribution in [0.15, 0.2) is 12.1 Å². The Labute approximate surface area is 128 Å². The largest absolute Gasteiger partial charge is 0.505 e. The molecule has 0 aliphatic rings. The fourth-order valence-corrected chi connectivity index (χ4v) is 1.61. The van der Waals surface area contributed by atoms with Gasteiger partial charge in [0.05, 0.1) is 6.61 Å². The number of hydrogen-bond donors (Lipinski definition) is 2. The van der Waals surface area contributed by atoms with Crippen molar-refractivity contribution >= 4 is 0 Å². The lowest BCUT2D eigenvalue weighted by atomic mass is 10.3. The zero-order chi connectivity index (χ0) is 16.2. The molecule has 126 valence electrons. The van der Waals surface area contributed by atoms with Crippen molar-refractivity contribution in [2.24, 2.45) is 0 Å². The zero-order valence-corrected chi connectivity index (χ0v) is 12.4. The molecule has 0 saturated heterocycles. The Morgan fingerprint density at radius 3 is 2.05 bits per heavy atom. The second kappa shape index (κ2) is 11.2. The third kappa shape index (κ3) is 7.02. The van der Waals surface area contributed by atoms with E-state index in [0.29, 0.717) is 39.3 Å². The van der Waals surface area contributed by atoms with Gasteiger partial charge in [0.2, 0.25) is 11.6 Å². The lowest BCUT2D eigenvalue weighted by Gasteiger charge is -2.09. The van der Waals surface area contributed by atoms with Gasteiger partial charge in [0.15, 0.2) is 11.5 Å². The molecule has 0 aliphatic heterocycles. The third-order valence-electron chi connectivity index (χ3n) is 2.74. The quantitative estimate of drug-likeness (QED) is 0.578. The molecule has 0 bridgehead atoms. The Hall–Kier alpha value is -1.44. The van der Waals surface area contributed by atoms with Crippen molar-refractivity contribution in [3.63, 3.8) is 0 Å². The van der Waals surface area contributed by atoms with Crippen LogP contribution in [0.5, 0.6) is 11.5 Å². The van der Waals surface area contributed by atoms with Crippen LogP contribution in [0.25, 0.3) is 0 Å². The number of phenolic OH excluding ortho intramolecular Hbond substituents is 1. The van der Waals surface area contributed by atoms with Gasteiger partial charge in [0.25, 0.3) is 0 Å². The van der Waals surface area contributed by atoms with Crippen LogP contribution in [-0.4, -0.2) is 49.9 Å². The van der Waals surface area contributed by atoms with E-state index in [-0.39, 0.29) is 19.0 Å². The molecule has 0 aromatic heterocycles. The van der Waals surface area contributed by atoms with E-state index >= 15 is 0 Å². The molecule has 0 saturated carbocycles. The Morgan fingerprint density at radius 2 is 1.41 bits per heavy atom. The van der Waals surface area contributed by atoms with E-state index in [1.807, 2.05) is 0 Å². The smallest absolute Gasteiger partial charge is 0.204 e. The van der Waals surface area contributed by atoms with Crippen LogP contribution in [0.3, 0.4) is 0 Å². The van der Waals surface area contributed by atoms with Crippen molar-refractivity contribution in [1.82, 2.24) is 0 Å². The molecule has 5 nitrogen and oxygen atoms in total. The van der Waals surface area contributed by atoms with Crippen LogP contribution in [-0.2, 0) is 9.47 Å². The number of benzene rings is 1. The molecule has 1 aromatic carbocycles. The van der Waals surface area contributed by atoms with E-state index in [0.717, 1.165) is 12.5 Å². The highest BCUT2D eigenvalue weighted by Gasteiger charge is 2.13. The number of halogens is 2. The van der Waals surface area contributed by atoms with Crippen LogP contribution < -0.4 is 4.74 Å². The maximum atomic E-state index is 13.3. The fourth-order valence-electron chi connectivity index (χ4n) is 1.61. The van der Waals surface area contributed by atoms with E-state index in [2.05, 4.69) is 0 Å². The molecule has 0 aliphatic carbocycles. The Morgan fingerprint density at radius 1 is 0.818 bits per heavy atom. The summed E-state index contributed by atoms with van der Waals surface area (Å²) < 4.78 is 42.1. The van der Waals surface area contributed by atoms with Gasteiger partial charge in [-0.1, -0.05) is 0 Å². The van der Waals surface area contributed by atoms with Crippen molar-refractivity contribution in [3.05, 3.63) is 23.8 Å². The summed E-state index contributed by atoms with van der Waals surface area (Å²) >= 11 is 0. The molecule has 0 fully saturated rings. The van der Waals surface area contributed by atoms with Gasteiger partial charge in [-0.25, -0.2) is 0 Å². The summed E-state index contributed by atoms with van der Waals surface area (Å²) in [6, 6.07) is 2.22. The van der Waals surface area contributed by atoms with Crippen LogP contribution in [0, 0.1) is 11.6 Å². The standard InChI is InChI=1S/C15H22F2O5/c16-14-12(19)4-5-13(15(14)17)22-11-3-10-21-9-2-8-20-7-1-6-18/h4-5,18-19H,1-3,6-11H2. The van der Waals surface area contributed by atoms with Gasteiger partial charge in [-0.3, -0.25) is 0 Å². The van der Waals surface area contributed by atoms with Gasteiger partial charge in [-0.15, -0.1) is 0 Å². The van der Waals surface area contributed by atoms with Crippen molar-refractivity contribution in [3.8, 4) is 11.5 Å². The first-order chi connectivity index (χ1) is 10.7. The topological polar surface area (TPSA) is 68.2 Å². The number of aliphatic hydroxyl groups is 1. The summed E-state index contributed by atoms with van der Waals surface area (Å²) in [5.74, 6) is -3.47. The van der Waals surface area contributed by atoms with Crippen LogP contribution in [0.2, 0.25) is 0 Å². The minimum absolute atomic E-state index is 0.127. The molecule has 1 aromatic rings. The molecule has 7 heteroatoms. The van der Waals surface area contributed by atoms with Crippen LogP contribution in [0.1, 0.15) is 19.3 Å². The first-order valence-corrected chi connectivity index (χ1v) is 7.23. The molecule has 0 amide bonds. The van der Waals surface area contributed by atoms with Crippen LogP contribution in [0.4, 0.5) is 8.78 Å². The molecular formula is C15H22F2O5. The molecule has 0 heterocycles. The van der Waals surface area contributed by atoms with Crippen LogP contribution >= 0.6 is 0 Å². The lowest BCUT2D eigenvalue weighted by Crippen LogP contribution is -2.07. The van der Waals surface area contributed by atoms with Gasteiger partial charge in [-0.2, -0.15) is 8.78 Å². The summed E-state index contributed by atoms with van der Waals surface area (Å²) in [4.78, 5) is 0. The van der Waals surface area contributed by atoms with Gasteiger partial charge in [0, 0.05) is 39.5 Å². The summed E-state index contributed by atoms with van der Waals surface area (Å²) in [5, 5.41) is 17.5. The number of phenols is 1. The third-order valence-corrected chi connectivity index (χ3v) is 2.74. The second-order valence-corrected chi connectivity index (χ2v) is 4.57. The fraction of sp³-hybridized carbons (Fsp3) is 0.600. The first-order valence-electron chi connectivity index (χ1n) is 7.23. The highest BCUT2D eigenvalue weighted by Crippen LogP contribution is 2.26. The van der Waals surface area contributed by atoms with E-state index in [1.165, 1.54) is 6.07 Å². The molecule has 0 spiro atoms. The molecule has 22 heavy (non-hydrogen) atoms. The Balaban J connectivity index is 2.01. The maximum Gasteiger partial charge on any atom is 0.204 e. The number of aliphatic hydroxyl groups excluding tert-OH is 1. The maximum absolute atomic E-state index is 13.3. The zero-order valence-electron chi connectivity index (χ0n) is 12.4. The summed E-state index contributed by atoms with van der Waals surface area (Å²) in [5.41, 5.74) is 0. The molecule has 0 atom stereocenters. The highest BCUT2D eigenvalue weighted by molar-refractivity contribution is 5.33. The van der Waals surface area contributed by atoms with E-state index in [4.69, 9.17) is 24.4 Å². The van der Waals surface area contributed by atoms with E-state index in [9.17, 15) is 8.78 Å². The summed E-state index contributed by atoms with van der Waals surface area (Å²) in [6.07, 6.45) is 1.92. The Kier molecular flexibility index (Phi) is 9.45. The predicted octanol–water partition coefficient (Wildman–Crippen LogP) is 2.25. The first kappa shape index (κ1) is 18.6. The Bertz CT molecular complexity index is 429. The monoisotopic (exact) mass is 320 g/mol. The molecule has 2 N–H and O–H groups in total. The highest BCUT2D eigenvalue weighted by atomic mass is 19.2. The predicted molar refractivity (Wildman–Crippen MR) is 76.1 cm³/mol. The minimum atomic E-state index is -1.31. The average molecular weight is 320 g/mol. The van der Waals surface area contributed by atoms with Gasteiger partial charge < -0.3 is 24.4 Å². The lowest BCUT2D eigenvalue weighted by molar-refractivity contribution is 0.0717. The molecular weight excluding hydrogens is 298 g/mol. The molecule has 0 unspecified atom stereocenters. The number of aromatic hydroxyl groups is 1. The van der Waals surface area contributed by atoms with Crippen molar-refractivity contribution < 1.29 is 33.2 Å². The van der Waals surface area contributed by atoms with Gasteiger partial charge >= 0.3 is 0 Å². The van der Waals surface area contributed by atoms with Gasteiger partial charge in [-0.05, 0) is 25.0 Å². The van der Waals surface area contributed by atoms with Crippen molar-refractivity contribution in [1.29, 1.82) is 0 Å². The number of hydrogen-bond acceptors (Lipinski definition) is 5. The van der Waals surface area contributed by atoms with E-state index < -0.39 is 17.4 Å². The average Bonchev–Trinajstić information content (AvgIpc) is 2.52.